The first kappa shape index (κ1) is 18.6. The highest BCUT2D eigenvalue weighted by atomic mass is 35.5. The third-order valence-corrected chi connectivity index (χ3v) is 4.69. The van der Waals surface area contributed by atoms with Crippen molar-refractivity contribution in [3.63, 3.8) is 0 Å². The zero-order valence-electron chi connectivity index (χ0n) is 14.5. The van der Waals surface area contributed by atoms with Gasteiger partial charge in [0.2, 0.25) is 5.95 Å². The van der Waals surface area contributed by atoms with Gasteiger partial charge in [-0.1, -0.05) is 29.3 Å². The van der Waals surface area contributed by atoms with Crippen LogP contribution in [0.1, 0.15) is 20.3 Å². The number of nitrogen functional groups attached to an aromatic ring is 1. The zero-order chi connectivity index (χ0) is 19.1. The molecule has 0 aliphatic heterocycles. The molecular formula is C18H19Cl2N5O. The summed E-state index contributed by atoms with van der Waals surface area (Å²) < 4.78 is 1.55. The van der Waals surface area contributed by atoms with Crippen molar-refractivity contribution in [2.45, 2.75) is 32.4 Å². The number of aryl methyl sites for hydroxylation is 1. The van der Waals surface area contributed by atoms with Crippen LogP contribution in [-0.2, 0) is 6.54 Å². The fourth-order valence-corrected chi connectivity index (χ4v) is 3.31. The lowest BCUT2D eigenvalue weighted by Crippen LogP contribution is -2.35. The molecule has 136 valence electrons. The summed E-state index contributed by atoms with van der Waals surface area (Å²) in [6, 6.07) is 6.81. The van der Waals surface area contributed by atoms with Gasteiger partial charge in [0.05, 0.1) is 15.6 Å². The van der Waals surface area contributed by atoms with Crippen LogP contribution in [0.15, 0.2) is 35.3 Å². The summed E-state index contributed by atoms with van der Waals surface area (Å²) in [4.78, 5) is 21.5. The highest BCUT2D eigenvalue weighted by Crippen LogP contribution is 2.33. The van der Waals surface area contributed by atoms with Crippen molar-refractivity contribution in [3.8, 4) is 11.1 Å². The van der Waals surface area contributed by atoms with Gasteiger partial charge in [-0.3, -0.25) is 9.36 Å². The normalized spacial score (nSPS) is 11.9. The molecule has 4 N–H and O–H groups in total. The van der Waals surface area contributed by atoms with Gasteiger partial charge in [0.1, 0.15) is 5.65 Å². The van der Waals surface area contributed by atoms with Gasteiger partial charge in [0, 0.05) is 29.2 Å². The molecule has 0 saturated carbocycles. The predicted octanol–water partition coefficient (Wildman–Crippen LogP) is 3.47. The van der Waals surface area contributed by atoms with Gasteiger partial charge in [0.25, 0.3) is 5.56 Å². The highest BCUT2D eigenvalue weighted by Gasteiger charge is 2.19. The fraction of sp³-hybridized carbons (Fsp3) is 0.278. The van der Waals surface area contributed by atoms with E-state index < -0.39 is 5.54 Å². The monoisotopic (exact) mass is 391 g/mol. The number of hydrogen-bond acceptors (Lipinski definition) is 5. The first-order chi connectivity index (χ1) is 12.2. The molecule has 0 saturated heterocycles. The number of benzene rings is 1. The number of nitrogens with two attached hydrogens (primary N) is 2. The van der Waals surface area contributed by atoms with Crippen molar-refractivity contribution >= 4 is 40.2 Å². The zero-order valence-corrected chi connectivity index (χ0v) is 16.0. The number of pyridine rings is 1. The molecule has 0 atom stereocenters. The number of nitrogens with zero attached hydrogens (tertiary/aromatic N) is 3. The summed E-state index contributed by atoms with van der Waals surface area (Å²) in [6.45, 7) is 4.18. The molecule has 8 heteroatoms. The SMILES string of the molecule is CC(C)(N)CCn1c(=O)c(-c2c(Cl)cccc2Cl)cc2cnc(N)nc21. The summed E-state index contributed by atoms with van der Waals surface area (Å²) >= 11 is 12.6. The average molecular weight is 392 g/mol. The van der Waals surface area contributed by atoms with E-state index in [1.807, 2.05) is 13.8 Å². The first-order valence-corrected chi connectivity index (χ1v) is 8.82. The van der Waals surface area contributed by atoms with Crippen molar-refractivity contribution in [2.75, 3.05) is 5.73 Å². The summed E-state index contributed by atoms with van der Waals surface area (Å²) in [7, 11) is 0. The summed E-state index contributed by atoms with van der Waals surface area (Å²) in [5.74, 6) is 0.0983. The lowest BCUT2D eigenvalue weighted by Gasteiger charge is -2.20. The van der Waals surface area contributed by atoms with E-state index in [-0.39, 0.29) is 11.5 Å². The van der Waals surface area contributed by atoms with Crippen LogP contribution in [0.3, 0.4) is 0 Å². The van der Waals surface area contributed by atoms with E-state index in [1.54, 1.807) is 35.0 Å². The lowest BCUT2D eigenvalue weighted by atomic mass is 10.0. The lowest BCUT2D eigenvalue weighted by molar-refractivity contribution is 0.436. The van der Waals surface area contributed by atoms with Crippen molar-refractivity contribution in [3.05, 3.63) is 50.9 Å². The molecule has 2 aromatic heterocycles. The third kappa shape index (κ3) is 3.67. The molecule has 0 amide bonds. The minimum atomic E-state index is -0.442. The van der Waals surface area contributed by atoms with E-state index in [0.717, 1.165) is 0 Å². The number of halogens is 2. The van der Waals surface area contributed by atoms with E-state index in [0.29, 0.717) is 45.2 Å². The Balaban J connectivity index is 2.31. The summed E-state index contributed by atoms with van der Waals surface area (Å²) in [6.07, 6.45) is 2.15. The predicted molar refractivity (Wildman–Crippen MR) is 107 cm³/mol. The number of rotatable bonds is 4. The Bertz CT molecular complexity index is 1020. The molecule has 0 fully saturated rings. The topological polar surface area (TPSA) is 99.8 Å². The number of anilines is 1. The quantitative estimate of drug-likeness (QED) is 0.708. The third-order valence-electron chi connectivity index (χ3n) is 4.06. The number of fused-ring (bicyclic) bond motifs is 1. The van der Waals surface area contributed by atoms with E-state index in [4.69, 9.17) is 34.7 Å². The number of hydrogen-bond donors (Lipinski definition) is 2. The Labute approximate surface area is 160 Å². The minimum absolute atomic E-state index is 0.0983. The van der Waals surface area contributed by atoms with Crippen LogP contribution in [0.25, 0.3) is 22.2 Å². The van der Waals surface area contributed by atoms with Crippen molar-refractivity contribution in [2.24, 2.45) is 5.73 Å². The smallest absolute Gasteiger partial charge is 0.260 e. The largest absolute Gasteiger partial charge is 0.368 e. The Morgan fingerprint density at radius 2 is 1.88 bits per heavy atom. The maximum absolute atomic E-state index is 13.2. The van der Waals surface area contributed by atoms with Crippen LogP contribution in [-0.4, -0.2) is 20.1 Å². The second-order valence-corrected chi connectivity index (χ2v) is 7.67. The van der Waals surface area contributed by atoms with Crippen molar-refractivity contribution in [1.82, 2.24) is 14.5 Å². The molecule has 1 aromatic carbocycles. The highest BCUT2D eigenvalue weighted by molar-refractivity contribution is 6.39. The average Bonchev–Trinajstić information content (AvgIpc) is 2.54. The van der Waals surface area contributed by atoms with E-state index >= 15 is 0 Å². The van der Waals surface area contributed by atoms with Gasteiger partial charge in [-0.05, 0) is 38.5 Å². The Kier molecular flexibility index (Phi) is 4.92. The van der Waals surface area contributed by atoms with Crippen LogP contribution in [0, 0.1) is 0 Å². The summed E-state index contributed by atoms with van der Waals surface area (Å²) in [5.41, 5.74) is 12.4. The van der Waals surface area contributed by atoms with Gasteiger partial charge in [0.15, 0.2) is 0 Å². The Hall–Kier alpha value is -2.15. The molecule has 3 aromatic rings. The molecule has 0 aliphatic carbocycles. The minimum Gasteiger partial charge on any atom is -0.368 e. The van der Waals surface area contributed by atoms with Crippen LogP contribution >= 0.6 is 23.2 Å². The molecule has 6 nitrogen and oxygen atoms in total. The van der Waals surface area contributed by atoms with E-state index in [1.165, 1.54) is 0 Å². The molecule has 3 rings (SSSR count). The maximum atomic E-state index is 13.2. The molecule has 0 spiro atoms. The molecule has 0 unspecified atom stereocenters. The van der Waals surface area contributed by atoms with Crippen LogP contribution in [0.2, 0.25) is 10.0 Å². The van der Waals surface area contributed by atoms with Gasteiger partial charge in [-0.25, -0.2) is 4.98 Å². The van der Waals surface area contributed by atoms with E-state index in [2.05, 4.69) is 9.97 Å². The van der Waals surface area contributed by atoms with Gasteiger partial charge in [-0.15, -0.1) is 0 Å². The van der Waals surface area contributed by atoms with E-state index in [9.17, 15) is 4.79 Å². The van der Waals surface area contributed by atoms with Gasteiger partial charge >= 0.3 is 0 Å². The van der Waals surface area contributed by atoms with Gasteiger partial charge in [-0.2, -0.15) is 4.98 Å². The van der Waals surface area contributed by atoms with Crippen LogP contribution in [0.4, 0.5) is 5.95 Å². The van der Waals surface area contributed by atoms with Crippen LogP contribution in [0.5, 0.6) is 0 Å². The molecule has 0 aliphatic rings. The standard InChI is InChI=1S/C18H19Cl2N5O/c1-18(2,22)6-7-25-15-10(9-23-17(21)24-15)8-11(16(25)26)14-12(19)4-3-5-13(14)20/h3-5,8-9H,6-7,22H2,1-2H3,(H2,21,23,24). The number of aromatic nitrogens is 3. The van der Waals surface area contributed by atoms with Crippen LogP contribution < -0.4 is 17.0 Å². The fourth-order valence-electron chi connectivity index (χ4n) is 2.71. The van der Waals surface area contributed by atoms with Crippen molar-refractivity contribution < 1.29 is 0 Å². The Morgan fingerprint density at radius 3 is 2.50 bits per heavy atom. The molecular weight excluding hydrogens is 373 g/mol. The second kappa shape index (κ2) is 6.87. The molecule has 2 heterocycles. The molecule has 0 bridgehead atoms. The van der Waals surface area contributed by atoms with Gasteiger partial charge < -0.3 is 11.5 Å². The molecule has 26 heavy (non-hydrogen) atoms. The Morgan fingerprint density at radius 1 is 1.23 bits per heavy atom. The first-order valence-electron chi connectivity index (χ1n) is 8.07. The second-order valence-electron chi connectivity index (χ2n) is 6.86. The maximum Gasteiger partial charge on any atom is 0.260 e. The molecule has 0 radical (unpaired) electrons. The summed E-state index contributed by atoms with van der Waals surface area (Å²) in [5, 5.41) is 1.46. The van der Waals surface area contributed by atoms with Crippen molar-refractivity contribution in [1.29, 1.82) is 0 Å².